The van der Waals surface area contributed by atoms with Crippen LogP contribution < -0.4 is 5.32 Å². The van der Waals surface area contributed by atoms with Gasteiger partial charge in [-0.3, -0.25) is 4.79 Å². The number of carbonyl (C=O) groups excluding carboxylic acids is 1. The van der Waals surface area contributed by atoms with Crippen molar-refractivity contribution in [2.75, 3.05) is 19.7 Å². The summed E-state index contributed by atoms with van der Waals surface area (Å²) >= 11 is 0. The predicted octanol–water partition coefficient (Wildman–Crippen LogP) is 0.791. The van der Waals surface area contributed by atoms with Gasteiger partial charge in [-0.15, -0.1) is 0 Å². The summed E-state index contributed by atoms with van der Waals surface area (Å²) in [5, 5.41) is 11.2. The van der Waals surface area contributed by atoms with Gasteiger partial charge >= 0.3 is 18.3 Å². The van der Waals surface area contributed by atoms with Gasteiger partial charge in [0.2, 0.25) is 0 Å². The lowest BCUT2D eigenvalue weighted by atomic mass is 10.2. The lowest BCUT2D eigenvalue weighted by Crippen LogP contribution is -2.41. The first-order valence-electron chi connectivity index (χ1n) is 5.00. The number of rotatable bonds is 8. The summed E-state index contributed by atoms with van der Waals surface area (Å²) in [6.45, 7) is 0.0693. The number of aliphatic hydroxyl groups is 1. The van der Waals surface area contributed by atoms with Gasteiger partial charge in [0, 0.05) is 6.54 Å². The molecule has 0 aromatic rings. The van der Waals surface area contributed by atoms with Gasteiger partial charge in [0.05, 0.1) is 25.7 Å². The molecular formula is C9H15F4NO3. The number of aliphatic hydroxyl groups excluding tert-OH is 1. The molecule has 0 radical (unpaired) electrons. The van der Waals surface area contributed by atoms with E-state index in [1.165, 1.54) is 0 Å². The van der Waals surface area contributed by atoms with Crippen LogP contribution in [0.4, 0.5) is 17.6 Å². The minimum Gasteiger partial charge on any atom is -0.466 e. The quantitative estimate of drug-likeness (QED) is 0.501. The minimum absolute atomic E-state index is 0.141. The van der Waals surface area contributed by atoms with E-state index in [2.05, 4.69) is 4.74 Å². The highest BCUT2D eigenvalue weighted by molar-refractivity contribution is 5.69. The average Bonchev–Trinajstić information content (AvgIpc) is 2.16. The molecular weight excluding hydrogens is 246 g/mol. The molecule has 0 aliphatic rings. The Bertz CT molecular complexity index is 238. The third kappa shape index (κ3) is 7.11. The maximum atomic E-state index is 12.4. The molecule has 0 aliphatic carbocycles. The van der Waals surface area contributed by atoms with Gasteiger partial charge in [0.1, 0.15) is 0 Å². The molecule has 0 heterocycles. The zero-order valence-corrected chi connectivity index (χ0v) is 9.26. The van der Waals surface area contributed by atoms with Crippen LogP contribution in [0.1, 0.15) is 13.3 Å². The number of hydrogen-bond acceptors (Lipinski definition) is 4. The Kier molecular flexibility index (Phi) is 7.05. The molecule has 8 heteroatoms. The molecule has 0 aliphatic heterocycles. The van der Waals surface area contributed by atoms with Crippen molar-refractivity contribution in [3.8, 4) is 0 Å². The monoisotopic (exact) mass is 261 g/mol. The molecule has 1 unspecified atom stereocenters. The van der Waals surface area contributed by atoms with Crippen LogP contribution in [0.25, 0.3) is 0 Å². The molecule has 0 bridgehead atoms. The van der Waals surface area contributed by atoms with Crippen LogP contribution in [0.15, 0.2) is 0 Å². The molecule has 0 fully saturated rings. The Morgan fingerprint density at radius 1 is 1.47 bits per heavy atom. The highest BCUT2D eigenvalue weighted by Gasteiger charge is 2.40. The van der Waals surface area contributed by atoms with Crippen molar-refractivity contribution in [2.45, 2.75) is 31.8 Å². The average molecular weight is 261 g/mol. The van der Waals surface area contributed by atoms with Gasteiger partial charge in [-0.2, -0.15) is 8.78 Å². The number of hydrogen-bond donors (Lipinski definition) is 2. The fraction of sp³-hybridized carbons (Fsp3) is 0.889. The lowest BCUT2D eigenvalue weighted by molar-refractivity contribution is -0.145. The molecule has 17 heavy (non-hydrogen) atoms. The third-order valence-electron chi connectivity index (χ3n) is 1.77. The molecule has 0 amide bonds. The number of halogens is 4. The van der Waals surface area contributed by atoms with E-state index >= 15 is 0 Å². The molecule has 0 spiro atoms. The van der Waals surface area contributed by atoms with Gasteiger partial charge in [-0.1, -0.05) is 0 Å². The maximum absolute atomic E-state index is 12.4. The summed E-state index contributed by atoms with van der Waals surface area (Å²) in [6.07, 6.45) is -5.39. The first-order valence-corrected chi connectivity index (χ1v) is 5.00. The molecule has 102 valence electrons. The zero-order valence-electron chi connectivity index (χ0n) is 9.26. The summed E-state index contributed by atoms with van der Waals surface area (Å²) < 4.78 is 52.7. The Balaban J connectivity index is 3.78. The Labute approximate surface area is 95.9 Å². The van der Waals surface area contributed by atoms with Gasteiger partial charge in [-0.05, 0) is 6.92 Å². The number of alkyl halides is 4. The van der Waals surface area contributed by atoms with Crippen LogP contribution >= 0.6 is 0 Å². The number of nitrogens with one attached hydrogen (secondary N) is 1. The molecule has 0 saturated heterocycles. The van der Waals surface area contributed by atoms with E-state index in [4.69, 9.17) is 0 Å². The third-order valence-corrected chi connectivity index (χ3v) is 1.77. The summed E-state index contributed by atoms with van der Waals surface area (Å²) in [5.41, 5.74) is 0. The van der Waals surface area contributed by atoms with E-state index in [0.29, 0.717) is 0 Å². The SMILES string of the molecule is CCOC(=O)CC(O)CNCC(F)(F)C(F)F. The highest BCUT2D eigenvalue weighted by atomic mass is 19.3. The molecule has 0 aromatic carbocycles. The van der Waals surface area contributed by atoms with Crippen LogP contribution in [-0.2, 0) is 9.53 Å². The topological polar surface area (TPSA) is 58.6 Å². The number of esters is 1. The van der Waals surface area contributed by atoms with Crippen molar-refractivity contribution in [3.63, 3.8) is 0 Å². The fourth-order valence-electron chi connectivity index (χ4n) is 0.967. The molecule has 0 aromatic heterocycles. The van der Waals surface area contributed by atoms with Crippen LogP contribution in [-0.4, -0.2) is 49.2 Å². The highest BCUT2D eigenvalue weighted by Crippen LogP contribution is 2.21. The predicted molar refractivity (Wildman–Crippen MR) is 51.1 cm³/mol. The first kappa shape index (κ1) is 16.1. The number of carbonyl (C=O) groups is 1. The Hall–Kier alpha value is -0.890. The smallest absolute Gasteiger partial charge is 0.319 e. The van der Waals surface area contributed by atoms with Gasteiger partial charge in [0.15, 0.2) is 0 Å². The van der Waals surface area contributed by atoms with E-state index in [1.54, 1.807) is 6.92 Å². The van der Waals surface area contributed by atoms with Crippen molar-refractivity contribution in [1.82, 2.24) is 5.32 Å². The largest absolute Gasteiger partial charge is 0.466 e. The van der Waals surface area contributed by atoms with Crippen LogP contribution in [0.5, 0.6) is 0 Å². The molecule has 4 nitrogen and oxygen atoms in total. The fourth-order valence-corrected chi connectivity index (χ4v) is 0.967. The van der Waals surface area contributed by atoms with Crippen molar-refractivity contribution in [1.29, 1.82) is 0 Å². The standard InChI is InChI=1S/C9H15F4NO3/c1-2-17-7(16)3-6(15)4-14-5-9(12,13)8(10)11/h6,8,14-15H,2-5H2,1H3. The minimum atomic E-state index is -4.15. The zero-order chi connectivity index (χ0) is 13.5. The van der Waals surface area contributed by atoms with E-state index < -0.39 is 31.0 Å². The molecule has 0 rings (SSSR count). The Morgan fingerprint density at radius 2 is 2.06 bits per heavy atom. The van der Waals surface area contributed by atoms with E-state index in [9.17, 15) is 27.5 Å². The van der Waals surface area contributed by atoms with Crippen LogP contribution in [0.2, 0.25) is 0 Å². The summed E-state index contributed by atoms with van der Waals surface area (Å²) in [7, 11) is 0. The van der Waals surface area contributed by atoms with E-state index in [-0.39, 0.29) is 19.6 Å². The van der Waals surface area contributed by atoms with Gasteiger partial charge < -0.3 is 15.2 Å². The Morgan fingerprint density at radius 3 is 2.53 bits per heavy atom. The van der Waals surface area contributed by atoms with Crippen molar-refractivity contribution in [3.05, 3.63) is 0 Å². The van der Waals surface area contributed by atoms with Crippen molar-refractivity contribution < 1.29 is 32.2 Å². The lowest BCUT2D eigenvalue weighted by Gasteiger charge is -2.17. The second-order valence-corrected chi connectivity index (χ2v) is 3.36. The van der Waals surface area contributed by atoms with Crippen LogP contribution in [0.3, 0.4) is 0 Å². The first-order chi connectivity index (χ1) is 7.79. The summed E-state index contributed by atoms with van der Waals surface area (Å²) in [5.74, 6) is -4.83. The second-order valence-electron chi connectivity index (χ2n) is 3.36. The maximum Gasteiger partial charge on any atom is 0.319 e. The van der Waals surface area contributed by atoms with Crippen molar-refractivity contribution in [2.24, 2.45) is 0 Å². The van der Waals surface area contributed by atoms with E-state index in [1.807, 2.05) is 5.32 Å². The van der Waals surface area contributed by atoms with Gasteiger partial charge in [-0.25, -0.2) is 8.78 Å². The normalized spacial score (nSPS) is 13.8. The van der Waals surface area contributed by atoms with Crippen LogP contribution in [0, 0.1) is 0 Å². The van der Waals surface area contributed by atoms with Crippen molar-refractivity contribution >= 4 is 5.97 Å². The summed E-state index contributed by atoms with van der Waals surface area (Å²) in [6, 6.07) is 0. The molecule has 2 N–H and O–H groups in total. The number of ether oxygens (including phenoxy) is 1. The summed E-state index contributed by atoms with van der Waals surface area (Å²) in [4.78, 5) is 10.8. The van der Waals surface area contributed by atoms with E-state index in [0.717, 1.165) is 0 Å². The second kappa shape index (κ2) is 7.44. The van der Waals surface area contributed by atoms with Gasteiger partial charge in [0.25, 0.3) is 0 Å². The molecule has 0 saturated carbocycles. The molecule has 1 atom stereocenters.